The third kappa shape index (κ3) is 9.02. The van der Waals surface area contributed by atoms with Crippen molar-refractivity contribution in [3.8, 4) is 22.3 Å². The van der Waals surface area contributed by atoms with Gasteiger partial charge in [-0.2, -0.15) is 11.1 Å². The van der Waals surface area contributed by atoms with E-state index in [0.29, 0.717) is 0 Å². The Bertz CT molecular complexity index is 2000. The molecule has 2 unspecified atom stereocenters. The van der Waals surface area contributed by atoms with Gasteiger partial charge >= 0.3 is 21.7 Å². The van der Waals surface area contributed by atoms with Gasteiger partial charge in [-0.25, -0.2) is 12.2 Å². The molecule has 0 saturated carbocycles. The molecule has 0 amide bonds. The number of allylic oxidation sites excluding steroid dienone is 2. The van der Waals surface area contributed by atoms with Gasteiger partial charge in [0.05, 0.1) is 0 Å². The van der Waals surface area contributed by atoms with E-state index < -0.39 is 0 Å². The number of rotatable bonds is 4. The molecular formula is C48H44Cl2N2Ti. The van der Waals surface area contributed by atoms with Gasteiger partial charge in [0, 0.05) is 23.8 Å². The van der Waals surface area contributed by atoms with Crippen LogP contribution in [0.5, 0.6) is 0 Å². The number of pyridine rings is 2. The van der Waals surface area contributed by atoms with E-state index in [1.54, 1.807) is 0 Å². The van der Waals surface area contributed by atoms with Gasteiger partial charge in [-0.1, -0.05) is 150 Å². The SMILES string of the molecule is CC(C)(C)c1ccc(-c2cccc3c2C=[C-]C3c2ccccn2)cc1.CC(C)(C)c1ccc(-c2cccc3c2C=[C-]C3c2ccccn2)cc1.[Cl-].[Cl-].[Ti+4]. The van der Waals surface area contributed by atoms with Gasteiger partial charge in [-0.15, -0.1) is 11.1 Å². The van der Waals surface area contributed by atoms with Crippen molar-refractivity contribution in [1.82, 2.24) is 9.97 Å². The van der Waals surface area contributed by atoms with Gasteiger partial charge in [0.2, 0.25) is 0 Å². The Morgan fingerprint density at radius 2 is 0.830 bits per heavy atom. The van der Waals surface area contributed by atoms with Gasteiger partial charge < -0.3 is 24.8 Å². The molecule has 2 atom stereocenters. The Hall–Kier alpha value is -4.05. The summed E-state index contributed by atoms with van der Waals surface area (Å²) in [5, 5.41) is 0. The summed E-state index contributed by atoms with van der Waals surface area (Å²) in [5.74, 6) is 0.259. The molecule has 8 rings (SSSR count). The molecule has 5 heteroatoms. The van der Waals surface area contributed by atoms with Crippen LogP contribution in [0.2, 0.25) is 0 Å². The van der Waals surface area contributed by atoms with Crippen molar-refractivity contribution in [2.75, 3.05) is 0 Å². The van der Waals surface area contributed by atoms with E-state index in [0.717, 1.165) is 11.4 Å². The predicted molar refractivity (Wildman–Crippen MR) is 209 cm³/mol. The van der Waals surface area contributed by atoms with E-state index >= 15 is 0 Å². The second-order valence-corrected chi connectivity index (χ2v) is 15.3. The number of hydrogen-bond donors (Lipinski definition) is 0. The summed E-state index contributed by atoms with van der Waals surface area (Å²) in [7, 11) is 0. The first-order valence-corrected chi connectivity index (χ1v) is 17.6. The zero-order valence-corrected chi connectivity index (χ0v) is 34.2. The maximum atomic E-state index is 4.52. The van der Waals surface area contributed by atoms with Gasteiger partial charge in [0.25, 0.3) is 0 Å². The summed E-state index contributed by atoms with van der Waals surface area (Å²) in [4.78, 5) is 9.04. The fourth-order valence-electron chi connectivity index (χ4n) is 6.89. The number of hydrogen-bond acceptors (Lipinski definition) is 2. The Morgan fingerprint density at radius 3 is 1.15 bits per heavy atom. The van der Waals surface area contributed by atoms with E-state index in [9.17, 15) is 0 Å². The Balaban J connectivity index is 0.000000224. The number of nitrogens with zero attached hydrogens (tertiary/aromatic N) is 2. The first-order chi connectivity index (χ1) is 24.1. The normalized spacial score (nSPS) is 15.1. The van der Waals surface area contributed by atoms with Crippen LogP contribution in [0.1, 0.15) is 98.1 Å². The zero-order valence-electron chi connectivity index (χ0n) is 31.2. The maximum absolute atomic E-state index is 4.52. The van der Waals surface area contributed by atoms with Crippen molar-refractivity contribution in [2.24, 2.45) is 0 Å². The van der Waals surface area contributed by atoms with Crippen molar-refractivity contribution in [2.45, 2.75) is 64.2 Å². The van der Waals surface area contributed by atoms with Gasteiger partial charge in [0.1, 0.15) is 0 Å². The van der Waals surface area contributed by atoms with E-state index in [4.69, 9.17) is 0 Å². The zero-order chi connectivity index (χ0) is 34.9. The van der Waals surface area contributed by atoms with Crippen LogP contribution in [0.4, 0.5) is 0 Å². The molecule has 0 radical (unpaired) electrons. The van der Waals surface area contributed by atoms with Crippen LogP contribution in [-0.2, 0) is 32.5 Å². The van der Waals surface area contributed by atoms with Crippen molar-refractivity contribution in [3.05, 3.63) is 191 Å². The molecule has 2 heterocycles. The van der Waals surface area contributed by atoms with E-state index in [-0.39, 0.29) is 69.2 Å². The maximum Gasteiger partial charge on any atom is 4.00 e. The second kappa shape index (κ2) is 17.4. The van der Waals surface area contributed by atoms with Crippen LogP contribution in [0, 0.1) is 12.2 Å². The fourth-order valence-corrected chi connectivity index (χ4v) is 6.89. The summed E-state index contributed by atoms with van der Waals surface area (Å²) in [6.45, 7) is 13.5. The van der Waals surface area contributed by atoms with E-state index in [1.165, 1.54) is 55.6 Å². The van der Waals surface area contributed by atoms with Crippen LogP contribution >= 0.6 is 0 Å². The molecular weight excluding hydrogens is 723 g/mol. The minimum Gasteiger partial charge on any atom is -1.00 e. The molecule has 2 aliphatic rings. The average Bonchev–Trinajstić information content (AvgIpc) is 3.77. The van der Waals surface area contributed by atoms with Crippen molar-refractivity contribution >= 4 is 12.2 Å². The molecule has 0 saturated heterocycles. The van der Waals surface area contributed by atoms with Gasteiger partial charge in [-0.05, 0) is 69.2 Å². The number of aromatic nitrogens is 2. The number of benzene rings is 4. The van der Waals surface area contributed by atoms with Crippen LogP contribution in [0.3, 0.4) is 0 Å². The molecule has 53 heavy (non-hydrogen) atoms. The first-order valence-electron chi connectivity index (χ1n) is 17.6. The van der Waals surface area contributed by atoms with Gasteiger partial charge in [-0.3, -0.25) is 22.1 Å². The third-order valence-electron chi connectivity index (χ3n) is 9.78. The Labute approximate surface area is 343 Å². The van der Waals surface area contributed by atoms with Crippen molar-refractivity contribution < 1.29 is 46.5 Å². The molecule has 0 spiro atoms. The van der Waals surface area contributed by atoms with E-state index in [1.807, 2.05) is 36.7 Å². The summed E-state index contributed by atoms with van der Waals surface area (Å²) < 4.78 is 0. The van der Waals surface area contributed by atoms with Crippen molar-refractivity contribution in [3.63, 3.8) is 0 Å². The average molecular weight is 768 g/mol. The molecule has 2 aromatic heterocycles. The molecule has 6 aromatic rings. The fraction of sp³-hybridized carbons (Fsp3) is 0.208. The molecule has 2 aliphatic carbocycles. The smallest absolute Gasteiger partial charge is 1.00 e. The van der Waals surface area contributed by atoms with Crippen molar-refractivity contribution in [1.29, 1.82) is 0 Å². The standard InChI is InChI=1S/2C24H22N.2ClH.Ti/c2*1-24(2,3)18-12-10-17(11-13-18)19-7-6-8-20-21(19)14-15-22(20)23-9-4-5-16-25-23;;;/h2*4-14,16,22H,1-3H3;2*1H;/q2*-1;;;+4/p-2. The Kier molecular flexibility index (Phi) is 13.7. The molecule has 0 fully saturated rings. The largest absolute Gasteiger partial charge is 4.00 e. The molecule has 0 aliphatic heterocycles. The molecule has 0 N–H and O–H groups in total. The predicted octanol–water partition coefficient (Wildman–Crippen LogP) is 6.02. The number of halogens is 2. The van der Waals surface area contributed by atoms with Gasteiger partial charge in [0.15, 0.2) is 0 Å². The minimum absolute atomic E-state index is 0. The second-order valence-electron chi connectivity index (χ2n) is 15.3. The topological polar surface area (TPSA) is 25.8 Å². The third-order valence-corrected chi connectivity index (χ3v) is 9.78. The van der Waals surface area contributed by atoms with Crippen LogP contribution < -0.4 is 24.8 Å². The molecule has 0 bridgehead atoms. The minimum atomic E-state index is 0. The summed E-state index contributed by atoms with van der Waals surface area (Å²) in [6.07, 6.45) is 14.9. The van der Waals surface area contributed by atoms with Crippen LogP contribution in [0.25, 0.3) is 34.4 Å². The number of fused-ring (bicyclic) bond motifs is 2. The van der Waals surface area contributed by atoms with Crippen LogP contribution in [0.15, 0.2) is 134 Å². The summed E-state index contributed by atoms with van der Waals surface area (Å²) in [5.41, 5.74) is 15.3. The Morgan fingerprint density at radius 1 is 0.453 bits per heavy atom. The van der Waals surface area contributed by atoms with E-state index in [2.05, 4.69) is 173 Å². The summed E-state index contributed by atoms with van der Waals surface area (Å²) >= 11 is 0. The quantitative estimate of drug-likeness (QED) is 0.162. The molecule has 2 nitrogen and oxygen atoms in total. The molecule has 4 aromatic carbocycles. The van der Waals surface area contributed by atoms with Crippen LogP contribution in [-0.4, -0.2) is 9.97 Å². The first kappa shape index (κ1) is 41.7. The summed E-state index contributed by atoms with van der Waals surface area (Å²) in [6, 6.07) is 43.1. The monoisotopic (exact) mass is 766 g/mol. The molecule has 264 valence electrons.